The Balaban J connectivity index is 2.15. The Bertz CT molecular complexity index is 398. The van der Waals surface area contributed by atoms with Gasteiger partial charge in [-0.15, -0.1) is 0 Å². The highest BCUT2D eigenvalue weighted by molar-refractivity contribution is 5.95. The van der Waals surface area contributed by atoms with E-state index in [9.17, 15) is 4.79 Å². The molecular weight excluding hydrogens is 204 g/mol. The highest BCUT2D eigenvalue weighted by Crippen LogP contribution is 2.16. The third-order valence-electron chi connectivity index (χ3n) is 2.93. The van der Waals surface area contributed by atoms with Crippen molar-refractivity contribution < 1.29 is 9.21 Å². The molecule has 1 saturated heterocycles. The largest absolute Gasteiger partial charge is 0.466 e. The fourth-order valence-electron chi connectivity index (χ4n) is 2.13. The van der Waals surface area contributed by atoms with E-state index in [1.54, 1.807) is 0 Å². The summed E-state index contributed by atoms with van der Waals surface area (Å²) in [6, 6.07) is 2.19. The molecule has 0 aromatic carbocycles. The van der Waals surface area contributed by atoms with Crippen molar-refractivity contribution >= 4 is 5.91 Å². The Morgan fingerprint density at radius 2 is 2.31 bits per heavy atom. The van der Waals surface area contributed by atoms with Crippen LogP contribution in [0.4, 0.5) is 0 Å². The zero-order valence-corrected chi connectivity index (χ0v) is 10.0. The van der Waals surface area contributed by atoms with Crippen LogP contribution >= 0.6 is 0 Å². The van der Waals surface area contributed by atoms with E-state index in [0.29, 0.717) is 17.4 Å². The third-order valence-corrected chi connectivity index (χ3v) is 2.93. The first-order valence-corrected chi connectivity index (χ1v) is 5.67. The standard InChI is InChI=1S/C12H18N2O2/c1-8-7-14(5-4-13-8)12(15)11-6-9(2)16-10(11)3/h6,8,13H,4-5,7H2,1-3H3/t8-/m1/s1. The fraction of sp³-hybridized carbons (Fsp3) is 0.583. The van der Waals surface area contributed by atoms with Crippen molar-refractivity contribution in [1.82, 2.24) is 10.2 Å². The number of furan rings is 1. The second-order valence-electron chi connectivity index (χ2n) is 4.43. The minimum absolute atomic E-state index is 0.0858. The first-order chi connectivity index (χ1) is 7.58. The first-order valence-electron chi connectivity index (χ1n) is 5.67. The van der Waals surface area contributed by atoms with E-state index in [-0.39, 0.29) is 5.91 Å². The first kappa shape index (κ1) is 11.2. The monoisotopic (exact) mass is 222 g/mol. The van der Waals surface area contributed by atoms with Gasteiger partial charge < -0.3 is 14.6 Å². The average Bonchev–Trinajstić information content (AvgIpc) is 2.57. The van der Waals surface area contributed by atoms with Crippen molar-refractivity contribution in [2.45, 2.75) is 26.8 Å². The zero-order valence-electron chi connectivity index (χ0n) is 10.0. The molecule has 1 aliphatic heterocycles. The summed E-state index contributed by atoms with van der Waals surface area (Å²) in [7, 11) is 0. The molecule has 0 spiro atoms. The van der Waals surface area contributed by atoms with Gasteiger partial charge in [-0.05, 0) is 26.8 Å². The van der Waals surface area contributed by atoms with E-state index in [1.165, 1.54) is 0 Å². The summed E-state index contributed by atoms with van der Waals surface area (Å²) in [6.45, 7) is 8.20. The summed E-state index contributed by atoms with van der Waals surface area (Å²) in [5.41, 5.74) is 0.701. The molecule has 0 unspecified atom stereocenters. The predicted molar refractivity (Wildman–Crippen MR) is 61.6 cm³/mol. The number of piperazine rings is 1. The van der Waals surface area contributed by atoms with Crippen molar-refractivity contribution in [2.24, 2.45) is 0 Å². The lowest BCUT2D eigenvalue weighted by Crippen LogP contribution is -2.51. The van der Waals surface area contributed by atoms with Gasteiger partial charge in [-0.3, -0.25) is 4.79 Å². The molecule has 4 nitrogen and oxygen atoms in total. The van der Waals surface area contributed by atoms with Crippen molar-refractivity contribution in [3.05, 3.63) is 23.2 Å². The van der Waals surface area contributed by atoms with Gasteiger partial charge in [0.25, 0.3) is 5.91 Å². The van der Waals surface area contributed by atoms with E-state index < -0.39 is 0 Å². The van der Waals surface area contributed by atoms with Gasteiger partial charge in [0.05, 0.1) is 5.56 Å². The molecule has 0 radical (unpaired) electrons. The highest BCUT2D eigenvalue weighted by atomic mass is 16.3. The molecule has 0 bridgehead atoms. The van der Waals surface area contributed by atoms with Crippen LogP contribution < -0.4 is 5.32 Å². The van der Waals surface area contributed by atoms with E-state index in [0.717, 1.165) is 25.4 Å². The number of carbonyl (C=O) groups is 1. The maximum absolute atomic E-state index is 12.2. The van der Waals surface area contributed by atoms with Crippen LogP contribution in [0.5, 0.6) is 0 Å². The van der Waals surface area contributed by atoms with Crippen LogP contribution in [0.2, 0.25) is 0 Å². The maximum atomic E-state index is 12.2. The van der Waals surface area contributed by atoms with Gasteiger partial charge in [-0.2, -0.15) is 0 Å². The number of rotatable bonds is 1. The molecule has 1 aliphatic rings. The van der Waals surface area contributed by atoms with Crippen LogP contribution in [-0.2, 0) is 0 Å². The number of hydrogen-bond acceptors (Lipinski definition) is 3. The van der Waals surface area contributed by atoms with Crippen LogP contribution in [0.15, 0.2) is 10.5 Å². The van der Waals surface area contributed by atoms with E-state index in [4.69, 9.17) is 4.42 Å². The second-order valence-corrected chi connectivity index (χ2v) is 4.43. The summed E-state index contributed by atoms with van der Waals surface area (Å²) in [6.07, 6.45) is 0. The topological polar surface area (TPSA) is 45.5 Å². The van der Waals surface area contributed by atoms with Crippen LogP contribution in [0.3, 0.4) is 0 Å². The third kappa shape index (κ3) is 2.11. The molecule has 1 amide bonds. The molecular formula is C12H18N2O2. The Hall–Kier alpha value is -1.29. The minimum atomic E-state index is 0.0858. The predicted octanol–water partition coefficient (Wildman–Crippen LogP) is 1.33. The molecule has 0 aliphatic carbocycles. The smallest absolute Gasteiger partial charge is 0.257 e. The lowest BCUT2D eigenvalue weighted by molar-refractivity contribution is 0.0707. The average molecular weight is 222 g/mol. The van der Waals surface area contributed by atoms with Crippen molar-refractivity contribution in [2.75, 3.05) is 19.6 Å². The molecule has 16 heavy (non-hydrogen) atoms. The van der Waals surface area contributed by atoms with E-state index in [1.807, 2.05) is 24.8 Å². The summed E-state index contributed by atoms with van der Waals surface area (Å²) < 4.78 is 5.39. The number of aryl methyl sites for hydroxylation is 2. The molecule has 1 aromatic rings. The molecule has 2 heterocycles. The maximum Gasteiger partial charge on any atom is 0.257 e. The molecule has 1 aromatic heterocycles. The van der Waals surface area contributed by atoms with Gasteiger partial charge in [0.2, 0.25) is 0 Å². The molecule has 1 atom stereocenters. The van der Waals surface area contributed by atoms with E-state index >= 15 is 0 Å². The van der Waals surface area contributed by atoms with Crippen LogP contribution in [0.1, 0.15) is 28.8 Å². The number of nitrogens with one attached hydrogen (secondary N) is 1. The number of nitrogens with zero attached hydrogens (tertiary/aromatic N) is 1. The van der Waals surface area contributed by atoms with Crippen molar-refractivity contribution in [3.8, 4) is 0 Å². The second kappa shape index (κ2) is 4.29. The SMILES string of the molecule is Cc1cc(C(=O)N2CCN[C@H](C)C2)c(C)o1. The molecule has 1 fully saturated rings. The van der Waals surface area contributed by atoms with Crippen LogP contribution in [0.25, 0.3) is 0 Å². The van der Waals surface area contributed by atoms with E-state index in [2.05, 4.69) is 12.2 Å². The summed E-state index contributed by atoms with van der Waals surface area (Å²) in [4.78, 5) is 14.1. The van der Waals surface area contributed by atoms with Crippen LogP contribution in [0, 0.1) is 13.8 Å². The van der Waals surface area contributed by atoms with Gasteiger partial charge in [0.15, 0.2) is 0 Å². The van der Waals surface area contributed by atoms with Gasteiger partial charge in [0.1, 0.15) is 11.5 Å². The minimum Gasteiger partial charge on any atom is -0.466 e. The molecule has 88 valence electrons. The Kier molecular flexibility index (Phi) is 3.01. The number of amides is 1. The highest BCUT2D eigenvalue weighted by Gasteiger charge is 2.24. The summed E-state index contributed by atoms with van der Waals surface area (Å²) >= 11 is 0. The molecule has 1 N–H and O–H groups in total. The normalized spacial score (nSPS) is 21.2. The Morgan fingerprint density at radius 1 is 1.56 bits per heavy atom. The zero-order chi connectivity index (χ0) is 11.7. The Morgan fingerprint density at radius 3 is 2.88 bits per heavy atom. The van der Waals surface area contributed by atoms with Crippen molar-refractivity contribution in [1.29, 1.82) is 0 Å². The summed E-state index contributed by atoms with van der Waals surface area (Å²) in [5, 5.41) is 3.32. The lowest BCUT2D eigenvalue weighted by Gasteiger charge is -2.31. The molecule has 0 saturated carbocycles. The van der Waals surface area contributed by atoms with Crippen LogP contribution in [-0.4, -0.2) is 36.5 Å². The number of hydrogen-bond donors (Lipinski definition) is 1. The summed E-state index contributed by atoms with van der Waals surface area (Å²) in [5.74, 6) is 1.60. The lowest BCUT2D eigenvalue weighted by atomic mass is 10.1. The van der Waals surface area contributed by atoms with Gasteiger partial charge in [0, 0.05) is 25.7 Å². The quantitative estimate of drug-likeness (QED) is 0.779. The molecule has 4 heteroatoms. The fourth-order valence-corrected chi connectivity index (χ4v) is 2.13. The van der Waals surface area contributed by atoms with Gasteiger partial charge in [-0.1, -0.05) is 0 Å². The Labute approximate surface area is 95.6 Å². The molecule has 2 rings (SSSR count). The van der Waals surface area contributed by atoms with Crippen molar-refractivity contribution in [3.63, 3.8) is 0 Å². The van der Waals surface area contributed by atoms with Gasteiger partial charge >= 0.3 is 0 Å². The van der Waals surface area contributed by atoms with Gasteiger partial charge in [-0.25, -0.2) is 0 Å². The number of carbonyl (C=O) groups excluding carboxylic acids is 1.